The molecule has 0 saturated carbocycles. The molecule has 0 bridgehead atoms. The molecule has 7 nitrogen and oxygen atoms in total. The van der Waals surface area contributed by atoms with Crippen molar-refractivity contribution in [3.63, 3.8) is 0 Å². The summed E-state index contributed by atoms with van der Waals surface area (Å²) in [5, 5.41) is 5.44. The molecule has 0 fully saturated rings. The van der Waals surface area contributed by atoms with E-state index in [1.54, 1.807) is 24.3 Å². The third-order valence-corrected chi connectivity index (χ3v) is 5.67. The molecule has 2 amide bonds. The summed E-state index contributed by atoms with van der Waals surface area (Å²) in [6, 6.07) is 20.0. The zero-order chi connectivity index (χ0) is 24.5. The molecule has 0 heterocycles. The molecule has 0 aromatic heterocycles. The van der Waals surface area contributed by atoms with Gasteiger partial charge in [-0.3, -0.25) is 14.4 Å². The fourth-order valence-electron chi connectivity index (χ4n) is 2.99. The Kier molecular flexibility index (Phi) is 8.81. The molecule has 8 heteroatoms. The highest BCUT2D eigenvalue weighted by Crippen LogP contribution is 2.25. The van der Waals surface area contributed by atoms with E-state index in [1.807, 2.05) is 56.3 Å². The first-order chi connectivity index (χ1) is 16.3. The summed E-state index contributed by atoms with van der Waals surface area (Å²) in [6.45, 7) is 3.36. The van der Waals surface area contributed by atoms with E-state index in [-0.39, 0.29) is 18.7 Å². The van der Waals surface area contributed by atoms with E-state index in [1.165, 1.54) is 0 Å². The van der Waals surface area contributed by atoms with Gasteiger partial charge in [0.15, 0.2) is 6.61 Å². The predicted molar refractivity (Wildman–Crippen MR) is 134 cm³/mol. The number of hydrogen-bond acceptors (Lipinski definition) is 5. The number of nitrogens with one attached hydrogen (secondary N) is 2. The first kappa shape index (κ1) is 25.0. The van der Waals surface area contributed by atoms with E-state index in [4.69, 9.17) is 9.47 Å². The SMILES string of the molecule is Cc1cc(NC(=O)COC(=O)CCC(=O)Nc2ccc(Oc3ccccc3)cc2)c(C)cc1Br. The number of carbonyl (C=O) groups excluding carboxylic acids is 3. The van der Waals surface area contributed by atoms with Gasteiger partial charge in [-0.1, -0.05) is 34.1 Å². The number of hydrogen-bond donors (Lipinski definition) is 2. The van der Waals surface area contributed by atoms with Gasteiger partial charge < -0.3 is 20.1 Å². The van der Waals surface area contributed by atoms with E-state index in [0.29, 0.717) is 22.9 Å². The van der Waals surface area contributed by atoms with Crippen molar-refractivity contribution in [3.8, 4) is 11.5 Å². The summed E-state index contributed by atoms with van der Waals surface area (Å²) in [5.41, 5.74) is 3.09. The van der Waals surface area contributed by atoms with Gasteiger partial charge in [0, 0.05) is 22.3 Å². The molecule has 3 rings (SSSR count). The topological polar surface area (TPSA) is 93.7 Å². The highest BCUT2D eigenvalue weighted by Gasteiger charge is 2.12. The van der Waals surface area contributed by atoms with Gasteiger partial charge in [-0.15, -0.1) is 0 Å². The molecule has 34 heavy (non-hydrogen) atoms. The van der Waals surface area contributed by atoms with E-state index >= 15 is 0 Å². The van der Waals surface area contributed by atoms with Crippen molar-refractivity contribution in [1.29, 1.82) is 0 Å². The van der Waals surface area contributed by atoms with Crippen LogP contribution in [0.5, 0.6) is 11.5 Å². The summed E-state index contributed by atoms with van der Waals surface area (Å²) in [4.78, 5) is 36.2. The van der Waals surface area contributed by atoms with Crippen molar-refractivity contribution < 1.29 is 23.9 Å². The molecule has 0 unspecified atom stereocenters. The maximum atomic E-state index is 12.1. The first-order valence-corrected chi connectivity index (χ1v) is 11.4. The summed E-state index contributed by atoms with van der Waals surface area (Å²) in [6.07, 6.45) is -0.196. The lowest BCUT2D eigenvalue weighted by Gasteiger charge is -2.11. The molecule has 0 aliphatic heterocycles. The maximum Gasteiger partial charge on any atom is 0.306 e. The molecule has 3 aromatic carbocycles. The molecular weight excluding hydrogens is 500 g/mol. The van der Waals surface area contributed by atoms with Crippen LogP contribution in [-0.2, 0) is 19.1 Å². The van der Waals surface area contributed by atoms with Crippen LogP contribution in [0.2, 0.25) is 0 Å². The summed E-state index contributed by atoms with van der Waals surface area (Å²) in [5.74, 6) is -0.0479. The molecular formula is C26H25BrN2O5. The van der Waals surface area contributed by atoms with Crippen LogP contribution in [-0.4, -0.2) is 24.4 Å². The molecule has 176 valence electrons. The predicted octanol–water partition coefficient (Wildman–Crippen LogP) is 5.76. The minimum Gasteiger partial charge on any atom is -0.457 e. The third kappa shape index (κ3) is 7.74. The quantitative estimate of drug-likeness (QED) is 0.347. The Morgan fingerprint density at radius 3 is 2.18 bits per heavy atom. The van der Waals surface area contributed by atoms with Gasteiger partial charge in [-0.2, -0.15) is 0 Å². The number of esters is 1. The van der Waals surface area contributed by atoms with Gasteiger partial charge in [-0.25, -0.2) is 0 Å². The lowest BCUT2D eigenvalue weighted by Crippen LogP contribution is -2.22. The Labute approximate surface area is 206 Å². The Bertz CT molecular complexity index is 1160. The van der Waals surface area contributed by atoms with Crippen LogP contribution in [0.25, 0.3) is 0 Å². The van der Waals surface area contributed by atoms with Gasteiger partial charge in [0.25, 0.3) is 5.91 Å². The molecule has 3 aromatic rings. The largest absolute Gasteiger partial charge is 0.457 e. The molecule has 0 spiro atoms. The summed E-state index contributed by atoms with van der Waals surface area (Å²) >= 11 is 3.44. The van der Waals surface area contributed by atoms with Crippen molar-refractivity contribution in [2.45, 2.75) is 26.7 Å². The number of aryl methyl sites for hydroxylation is 2. The zero-order valence-electron chi connectivity index (χ0n) is 18.9. The maximum absolute atomic E-state index is 12.1. The highest BCUT2D eigenvalue weighted by atomic mass is 79.9. The van der Waals surface area contributed by atoms with E-state index in [2.05, 4.69) is 26.6 Å². The summed E-state index contributed by atoms with van der Waals surface area (Å²) in [7, 11) is 0. The van der Waals surface area contributed by atoms with Gasteiger partial charge in [-0.05, 0) is 73.5 Å². The zero-order valence-corrected chi connectivity index (χ0v) is 20.5. The fourth-order valence-corrected chi connectivity index (χ4v) is 3.45. The van der Waals surface area contributed by atoms with Crippen LogP contribution in [0, 0.1) is 13.8 Å². The second-order valence-corrected chi connectivity index (χ2v) is 8.47. The number of rotatable bonds is 9. The van der Waals surface area contributed by atoms with E-state index in [9.17, 15) is 14.4 Å². The second-order valence-electron chi connectivity index (χ2n) is 7.61. The smallest absolute Gasteiger partial charge is 0.306 e. The van der Waals surface area contributed by atoms with E-state index in [0.717, 1.165) is 15.6 Å². The summed E-state index contributed by atoms with van der Waals surface area (Å²) < 4.78 is 11.6. The lowest BCUT2D eigenvalue weighted by atomic mass is 10.1. The van der Waals surface area contributed by atoms with Gasteiger partial charge in [0.05, 0.1) is 6.42 Å². The van der Waals surface area contributed by atoms with E-state index < -0.39 is 18.5 Å². The second kappa shape index (κ2) is 12.0. The number of carbonyl (C=O) groups is 3. The van der Waals surface area contributed by atoms with Crippen LogP contribution in [0.3, 0.4) is 0 Å². The molecule has 0 saturated heterocycles. The Balaban J connectivity index is 1.38. The van der Waals surface area contributed by atoms with Crippen LogP contribution in [0.15, 0.2) is 71.2 Å². The number of anilines is 2. The number of para-hydroxylation sites is 1. The van der Waals surface area contributed by atoms with Gasteiger partial charge >= 0.3 is 5.97 Å². The van der Waals surface area contributed by atoms with Crippen molar-refractivity contribution in [3.05, 3.63) is 82.3 Å². The first-order valence-electron chi connectivity index (χ1n) is 10.6. The number of halogens is 1. The Hall–Kier alpha value is -3.65. The third-order valence-electron chi connectivity index (χ3n) is 4.82. The number of ether oxygens (including phenoxy) is 2. The average Bonchev–Trinajstić information content (AvgIpc) is 2.82. The van der Waals surface area contributed by atoms with Crippen LogP contribution >= 0.6 is 15.9 Å². The molecule has 0 atom stereocenters. The monoisotopic (exact) mass is 524 g/mol. The van der Waals surface area contributed by atoms with Crippen molar-refractivity contribution in [2.75, 3.05) is 17.2 Å². The lowest BCUT2D eigenvalue weighted by molar-refractivity contribution is -0.147. The minimum atomic E-state index is -0.624. The highest BCUT2D eigenvalue weighted by molar-refractivity contribution is 9.10. The molecule has 0 radical (unpaired) electrons. The standard InChI is InChI=1S/C26H25BrN2O5/c1-17-15-23(18(2)14-22(17)27)29-25(31)16-33-26(32)13-12-24(30)28-19-8-10-21(11-9-19)34-20-6-4-3-5-7-20/h3-11,14-15H,12-13,16H2,1-2H3,(H,28,30)(H,29,31). The van der Waals surface area contributed by atoms with Crippen molar-refractivity contribution in [2.24, 2.45) is 0 Å². The fraction of sp³-hybridized carbons (Fsp3) is 0.192. The Morgan fingerprint density at radius 1 is 0.794 bits per heavy atom. The Morgan fingerprint density at radius 2 is 1.47 bits per heavy atom. The average molecular weight is 525 g/mol. The molecule has 2 N–H and O–H groups in total. The van der Waals surface area contributed by atoms with Crippen molar-refractivity contribution >= 4 is 45.1 Å². The van der Waals surface area contributed by atoms with Crippen LogP contribution in [0.4, 0.5) is 11.4 Å². The number of amides is 2. The van der Waals surface area contributed by atoms with Crippen LogP contribution < -0.4 is 15.4 Å². The minimum absolute atomic E-state index is 0.0618. The molecule has 0 aliphatic carbocycles. The van der Waals surface area contributed by atoms with Gasteiger partial charge in [0.1, 0.15) is 11.5 Å². The number of benzene rings is 3. The van der Waals surface area contributed by atoms with Gasteiger partial charge in [0.2, 0.25) is 5.91 Å². The normalized spacial score (nSPS) is 10.3. The van der Waals surface area contributed by atoms with Crippen molar-refractivity contribution in [1.82, 2.24) is 0 Å². The van der Waals surface area contributed by atoms with Crippen LogP contribution in [0.1, 0.15) is 24.0 Å². The molecule has 0 aliphatic rings.